The number of alkyl halides is 2. The summed E-state index contributed by atoms with van der Waals surface area (Å²) in [6.07, 6.45) is -3.02. The minimum absolute atomic E-state index is 0.0795. The normalized spacial score (nSPS) is 18.4. The van der Waals surface area contributed by atoms with Crippen LogP contribution in [0, 0.1) is 6.92 Å². The SMILES string of the molecule is Cc1c(N2C[C@@H](F)[C@@H](F)C2)nc2ccc(Br)cc2c1C(=O)NCC(CCC(=O)O)c1ccccc1Cl. The number of fused-ring (bicyclic) bond motifs is 1. The first-order valence-corrected chi connectivity index (χ1v) is 12.7. The van der Waals surface area contributed by atoms with Crippen LogP contribution in [-0.2, 0) is 4.79 Å². The molecule has 6 nitrogen and oxygen atoms in total. The highest BCUT2D eigenvalue weighted by Gasteiger charge is 2.35. The largest absolute Gasteiger partial charge is 0.481 e. The van der Waals surface area contributed by atoms with Crippen molar-refractivity contribution in [2.75, 3.05) is 24.5 Å². The van der Waals surface area contributed by atoms with E-state index in [9.17, 15) is 23.5 Å². The fourth-order valence-corrected chi connectivity index (χ4v) is 5.24. The Morgan fingerprint density at radius 1 is 1.22 bits per heavy atom. The topological polar surface area (TPSA) is 82.5 Å². The molecule has 190 valence electrons. The van der Waals surface area contributed by atoms with Gasteiger partial charge in [0.25, 0.3) is 5.91 Å². The van der Waals surface area contributed by atoms with E-state index in [0.29, 0.717) is 32.9 Å². The number of hydrogen-bond acceptors (Lipinski definition) is 4. The quantitative estimate of drug-likeness (QED) is 0.350. The van der Waals surface area contributed by atoms with E-state index < -0.39 is 18.3 Å². The van der Waals surface area contributed by atoms with E-state index in [-0.39, 0.29) is 44.3 Å². The highest BCUT2D eigenvalue weighted by molar-refractivity contribution is 9.10. The molecule has 1 aromatic heterocycles. The molecule has 0 bridgehead atoms. The summed E-state index contributed by atoms with van der Waals surface area (Å²) in [6, 6.07) is 12.5. The van der Waals surface area contributed by atoms with Crippen molar-refractivity contribution in [3.63, 3.8) is 0 Å². The molecule has 4 rings (SSSR count). The van der Waals surface area contributed by atoms with Gasteiger partial charge in [-0.05, 0) is 43.2 Å². The van der Waals surface area contributed by atoms with Gasteiger partial charge in [-0.25, -0.2) is 13.8 Å². The van der Waals surface area contributed by atoms with Crippen LogP contribution in [0.1, 0.15) is 40.2 Å². The molecular weight excluding hydrogens is 556 g/mol. The molecule has 3 atom stereocenters. The van der Waals surface area contributed by atoms with Crippen LogP contribution in [0.2, 0.25) is 5.02 Å². The van der Waals surface area contributed by atoms with Crippen LogP contribution in [-0.4, -0.2) is 53.9 Å². The van der Waals surface area contributed by atoms with Gasteiger partial charge < -0.3 is 15.3 Å². The lowest BCUT2D eigenvalue weighted by atomic mass is 9.93. The molecule has 1 saturated heterocycles. The molecule has 2 N–H and O–H groups in total. The van der Waals surface area contributed by atoms with Gasteiger partial charge in [-0.1, -0.05) is 45.7 Å². The standard InChI is InChI=1S/C26H25BrClF2N3O3/c1-14-24(26(36)31-11-15(6-9-23(34)35)17-4-2-3-5-19(17)28)18-10-16(27)7-8-22(18)32-25(14)33-12-20(29)21(30)13-33/h2-5,7-8,10,15,20-21H,6,9,11-13H2,1H3,(H,31,36)(H,34,35)/t15?,20-,21+. The summed E-state index contributed by atoms with van der Waals surface area (Å²) < 4.78 is 28.7. The molecule has 0 aliphatic carbocycles. The number of aromatic nitrogens is 1. The predicted molar refractivity (Wildman–Crippen MR) is 140 cm³/mol. The molecule has 2 heterocycles. The molecule has 2 aromatic carbocycles. The van der Waals surface area contributed by atoms with Gasteiger partial charge in [0.2, 0.25) is 0 Å². The molecular formula is C26H25BrClF2N3O3. The zero-order valence-corrected chi connectivity index (χ0v) is 21.8. The molecule has 1 fully saturated rings. The number of nitrogens with zero attached hydrogens (tertiary/aromatic N) is 2. The maximum atomic E-state index is 14.0. The van der Waals surface area contributed by atoms with Crippen LogP contribution < -0.4 is 10.2 Å². The van der Waals surface area contributed by atoms with Crippen molar-refractivity contribution < 1.29 is 23.5 Å². The first kappa shape index (κ1) is 26.3. The zero-order chi connectivity index (χ0) is 26.0. The molecule has 0 saturated carbocycles. The minimum atomic E-state index is -1.62. The number of benzene rings is 2. The Balaban J connectivity index is 1.68. The highest BCUT2D eigenvalue weighted by Crippen LogP contribution is 2.33. The number of aliphatic carboxylic acids is 1. The van der Waals surface area contributed by atoms with Gasteiger partial charge in [-0.3, -0.25) is 9.59 Å². The average molecular weight is 581 g/mol. The molecule has 1 aliphatic heterocycles. The summed E-state index contributed by atoms with van der Waals surface area (Å²) >= 11 is 9.80. The summed E-state index contributed by atoms with van der Waals surface area (Å²) in [4.78, 5) is 30.9. The molecule has 1 unspecified atom stereocenters. The average Bonchev–Trinajstić information content (AvgIpc) is 3.17. The second-order valence-corrected chi connectivity index (χ2v) is 10.2. The van der Waals surface area contributed by atoms with E-state index in [1.165, 1.54) is 4.90 Å². The van der Waals surface area contributed by atoms with E-state index in [0.717, 1.165) is 10.0 Å². The third-order valence-electron chi connectivity index (χ3n) is 6.43. The van der Waals surface area contributed by atoms with Crippen molar-refractivity contribution in [1.82, 2.24) is 10.3 Å². The van der Waals surface area contributed by atoms with Crippen LogP contribution >= 0.6 is 27.5 Å². The van der Waals surface area contributed by atoms with E-state index in [4.69, 9.17) is 11.6 Å². The number of carboxylic acid groups (broad SMARTS) is 1. The smallest absolute Gasteiger partial charge is 0.303 e. The fraction of sp³-hybridized carbons (Fsp3) is 0.346. The second kappa shape index (κ2) is 11.1. The third-order valence-corrected chi connectivity index (χ3v) is 7.27. The van der Waals surface area contributed by atoms with Gasteiger partial charge in [-0.15, -0.1) is 0 Å². The van der Waals surface area contributed by atoms with Gasteiger partial charge in [0.1, 0.15) is 5.82 Å². The van der Waals surface area contributed by atoms with E-state index in [1.54, 1.807) is 37.3 Å². The van der Waals surface area contributed by atoms with Gasteiger partial charge in [-0.2, -0.15) is 0 Å². The van der Waals surface area contributed by atoms with Gasteiger partial charge in [0.05, 0.1) is 24.2 Å². The van der Waals surface area contributed by atoms with E-state index in [1.807, 2.05) is 12.1 Å². The monoisotopic (exact) mass is 579 g/mol. The number of halogens is 4. The number of amides is 1. The number of carboxylic acids is 1. The van der Waals surface area contributed by atoms with E-state index >= 15 is 0 Å². The van der Waals surface area contributed by atoms with Crippen molar-refractivity contribution in [2.45, 2.75) is 38.0 Å². The van der Waals surface area contributed by atoms with E-state index in [2.05, 4.69) is 26.2 Å². The predicted octanol–water partition coefficient (Wildman–Crippen LogP) is 5.83. The first-order valence-electron chi connectivity index (χ1n) is 11.5. The second-order valence-electron chi connectivity index (χ2n) is 8.89. The number of hydrogen-bond donors (Lipinski definition) is 2. The van der Waals surface area contributed by atoms with Gasteiger partial charge >= 0.3 is 5.97 Å². The Bertz CT molecular complexity index is 1300. The van der Waals surface area contributed by atoms with Crippen molar-refractivity contribution >= 4 is 56.1 Å². The van der Waals surface area contributed by atoms with Crippen LogP contribution in [0.15, 0.2) is 46.9 Å². The molecule has 10 heteroatoms. The maximum absolute atomic E-state index is 14.0. The summed E-state index contributed by atoms with van der Waals surface area (Å²) in [5.74, 6) is -1.28. The number of anilines is 1. The summed E-state index contributed by atoms with van der Waals surface area (Å²) in [5, 5.41) is 13.2. The van der Waals surface area contributed by atoms with Crippen molar-refractivity contribution in [3.05, 3.63) is 68.7 Å². The lowest BCUT2D eigenvalue weighted by molar-refractivity contribution is -0.137. The molecule has 1 amide bonds. The summed E-state index contributed by atoms with van der Waals surface area (Å²) in [5.41, 5.74) is 2.14. The third kappa shape index (κ3) is 5.62. The van der Waals surface area contributed by atoms with Crippen LogP contribution in [0.3, 0.4) is 0 Å². The Labute approximate surface area is 220 Å². The molecule has 36 heavy (non-hydrogen) atoms. The van der Waals surface area contributed by atoms with Crippen molar-refractivity contribution in [2.24, 2.45) is 0 Å². The first-order chi connectivity index (χ1) is 17.2. The van der Waals surface area contributed by atoms with Crippen LogP contribution in [0.4, 0.5) is 14.6 Å². The Hall–Kier alpha value is -2.78. The molecule has 0 radical (unpaired) electrons. The highest BCUT2D eigenvalue weighted by atomic mass is 79.9. The number of carbonyl (C=O) groups excluding carboxylic acids is 1. The minimum Gasteiger partial charge on any atom is -0.481 e. The fourth-order valence-electron chi connectivity index (χ4n) is 4.59. The Kier molecular flexibility index (Phi) is 8.10. The molecule has 1 aliphatic rings. The number of pyridine rings is 1. The zero-order valence-electron chi connectivity index (χ0n) is 19.5. The van der Waals surface area contributed by atoms with Crippen molar-refractivity contribution in [3.8, 4) is 0 Å². The van der Waals surface area contributed by atoms with Crippen LogP contribution in [0.5, 0.6) is 0 Å². The van der Waals surface area contributed by atoms with Crippen LogP contribution in [0.25, 0.3) is 10.9 Å². The molecule has 0 spiro atoms. The maximum Gasteiger partial charge on any atom is 0.303 e. The summed E-state index contributed by atoms with van der Waals surface area (Å²) in [6.45, 7) is 1.60. The van der Waals surface area contributed by atoms with Gasteiger partial charge in [0.15, 0.2) is 12.3 Å². The Morgan fingerprint density at radius 3 is 2.58 bits per heavy atom. The summed E-state index contributed by atoms with van der Waals surface area (Å²) in [7, 11) is 0. The number of carbonyl (C=O) groups is 2. The number of nitrogens with one attached hydrogen (secondary N) is 1. The lowest BCUT2D eigenvalue weighted by Crippen LogP contribution is -2.31. The Morgan fingerprint density at radius 2 is 1.92 bits per heavy atom. The number of rotatable bonds is 8. The molecule has 3 aromatic rings. The lowest BCUT2D eigenvalue weighted by Gasteiger charge is -2.23. The van der Waals surface area contributed by atoms with Gasteiger partial charge in [0, 0.05) is 39.3 Å². The van der Waals surface area contributed by atoms with Crippen molar-refractivity contribution in [1.29, 1.82) is 0 Å².